The normalized spacial score (nSPS) is 23.5. The van der Waals surface area contributed by atoms with Crippen molar-refractivity contribution in [3.63, 3.8) is 0 Å². The van der Waals surface area contributed by atoms with Gasteiger partial charge >= 0.3 is 0 Å². The lowest BCUT2D eigenvalue weighted by atomic mass is 9.63. The molecule has 1 spiro atoms. The number of ether oxygens (including phenoxy) is 1. The number of halogens is 3. The van der Waals surface area contributed by atoms with E-state index < -0.39 is 32.5 Å². The fraction of sp³-hybridized carbons (Fsp3) is 0.469. The van der Waals surface area contributed by atoms with Crippen LogP contribution in [0.5, 0.6) is 5.75 Å². The Hall–Kier alpha value is -3.31. The van der Waals surface area contributed by atoms with E-state index in [1.54, 1.807) is 24.3 Å². The average Bonchev–Trinajstić information content (AvgIpc) is 3.56. The van der Waals surface area contributed by atoms with Crippen LogP contribution in [-0.4, -0.2) is 57.6 Å². The molecule has 3 fully saturated rings. The number of anilines is 2. The molecule has 1 aromatic heterocycles. The van der Waals surface area contributed by atoms with Crippen LogP contribution in [0.15, 0.2) is 59.5 Å². The van der Waals surface area contributed by atoms with Crippen molar-refractivity contribution < 1.29 is 26.3 Å². The second-order valence-corrected chi connectivity index (χ2v) is 14.7. The molecule has 2 aromatic carbocycles. The molecule has 230 valence electrons. The van der Waals surface area contributed by atoms with Crippen molar-refractivity contribution >= 4 is 21.5 Å². The number of nitrogens with zero attached hydrogens (tertiary/aromatic N) is 4. The highest BCUT2D eigenvalue weighted by molar-refractivity contribution is 7.92. The van der Waals surface area contributed by atoms with Gasteiger partial charge in [-0.1, -0.05) is 32.0 Å². The monoisotopic (exact) mass is 614 g/mol. The molecule has 3 heterocycles. The van der Waals surface area contributed by atoms with Crippen LogP contribution in [0, 0.1) is 28.4 Å². The molecule has 0 amide bonds. The highest BCUT2D eigenvalue weighted by atomic mass is 32.2. The summed E-state index contributed by atoms with van der Waals surface area (Å²) in [6.45, 7) is 7.45. The van der Waals surface area contributed by atoms with Crippen LogP contribution in [0.1, 0.15) is 45.1 Å². The molecule has 11 heteroatoms. The zero-order chi connectivity index (χ0) is 30.6. The van der Waals surface area contributed by atoms with E-state index >= 15 is 8.78 Å². The maximum absolute atomic E-state index is 16.3. The van der Waals surface area contributed by atoms with Gasteiger partial charge in [-0.3, -0.25) is 4.90 Å². The van der Waals surface area contributed by atoms with Crippen LogP contribution < -0.4 is 13.9 Å². The van der Waals surface area contributed by atoms with Crippen LogP contribution in [0.4, 0.5) is 24.7 Å². The van der Waals surface area contributed by atoms with Gasteiger partial charge in [0.2, 0.25) is 5.95 Å². The molecule has 2 aliphatic heterocycles. The molecule has 0 bridgehead atoms. The first-order chi connectivity index (χ1) is 20.4. The predicted octanol–water partition coefficient (Wildman–Crippen LogP) is 5.99. The van der Waals surface area contributed by atoms with E-state index in [0.717, 1.165) is 55.2 Å². The second kappa shape index (κ2) is 11.0. The molecule has 1 unspecified atom stereocenters. The minimum Gasteiger partial charge on any atom is -0.497 e. The summed E-state index contributed by atoms with van der Waals surface area (Å²) in [6.07, 6.45) is 4.13. The van der Waals surface area contributed by atoms with Gasteiger partial charge in [0.05, 0.1) is 19.3 Å². The van der Waals surface area contributed by atoms with Gasteiger partial charge in [-0.2, -0.15) is 4.39 Å². The molecular formula is C32H37F3N4O3S. The first kappa shape index (κ1) is 29.7. The van der Waals surface area contributed by atoms with Crippen molar-refractivity contribution in [1.82, 2.24) is 9.88 Å². The van der Waals surface area contributed by atoms with E-state index in [2.05, 4.69) is 23.7 Å². The Balaban J connectivity index is 1.33. The lowest BCUT2D eigenvalue weighted by molar-refractivity contribution is -0.00275. The predicted molar refractivity (Wildman–Crippen MR) is 159 cm³/mol. The van der Waals surface area contributed by atoms with Gasteiger partial charge in [0.25, 0.3) is 10.0 Å². The number of rotatable bonds is 8. The van der Waals surface area contributed by atoms with Gasteiger partial charge in [-0.15, -0.1) is 0 Å². The summed E-state index contributed by atoms with van der Waals surface area (Å²) < 4.78 is 80.0. The molecule has 2 saturated heterocycles. The molecule has 3 aliphatic rings. The van der Waals surface area contributed by atoms with Gasteiger partial charge in [-0.25, -0.2) is 26.5 Å². The van der Waals surface area contributed by atoms with E-state index in [1.165, 1.54) is 25.3 Å². The number of benzene rings is 2. The largest absolute Gasteiger partial charge is 0.497 e. The summed E-state index contributed by atoms with van der Waals surface area (Å²) in [5, 5.41) is 0. The van der Waals surface area contributed by atoms with Crippen LogP contribution in [0.2, 0.25) is 0 Å². The molecule has 6 rings (SSSR count). The Labute approximate surface area is 251 Å². The van der Waals surface area contributed by atoms with Crippen molar-refractivity contribution in [3.8, 4) is 5.75 Å². The second-order valence-electron chi connectivity index (χ2n) is 12.9. The fourth-order valence-electron chi connectivity index (χ4n) is 7.08. The van der Waals surface area contributed by atoms with Crippen LogP contribution >= 0.6 is 0 Å². The zero-order valence-corrected chi connectivity index (χ0v) is 25.5. The SMILES string of the molecule is COc1ccc(CN(c2cccc(F)n2)S(=O)(=O)c2c(F)ccc(N3CC[C@@]4(CCC4N4CCC(C)(C)C4)C3)c2F)cc1. The molecule has 0 N–H and O–H groups in total. The smallest absolute Gasteiger partial charge is 0.271 e. The number of likely N-dealkylation sites (tertiary alicyclic amines) is 1. The number of aromatic nitrogens is 1. The zero-order valence-electron chi connectivity index (χ0n) is 24.7. The molecule has 43 heavy (non-hydrogen) atoms. The Kier molecular flexibility index (Phi) is 7.61. The van der Waals surface area contributed by atoms with Crippen LogP contribution in [0.3, 0.4) is 0 Å². The average molecular weight is 615 g/mol. The van der Waals surface area contributed by atoms with Crippen LogP contribution in [-0.2, 0) is 16.6 Å². The highest BCUT2D eigenvalue weighted by Gasteiger charge is 2.54. The highest BCUT2D eigenvalue weighted by Crippen LogP contribution is 2.53. The van der Waals surface area contributed by atoms with E-state index in [-0.39, 0.29) is 28.9 Å². The van der Waals surface area contributed by atoms with Crippen molar-refractivity contribution in [2.75, 3.05) is 42.5 Å². The lowest BCUT2D eigenvalue weighted by Gasteiger charge is -2.52. The lowest BCUT2D eigenvalue weighted by Crippen LogP contribution is -2.56. The summed E-state index contributed by atoms with van der Waals surface area (Å²) >= 11 is 0. The van der Waals surface area contributed by atoms with E-state index in [0.29, 0.717) is 30.4 Å². The number of hydrogen-bond acceptors (Lipinski definition) is 6. The Morgan fingerprint density at radius 1 is 0.977 bits per heavy atom. The summed E-state index contributed by atoms with van der Waals surface area (Å²) in [6, 6.07) is 12.9. The summed E-state index contributed by atoms with van der Waals surface area (Å²) in [7, 11) is -3.37. The van der Waals surface area contributed by atoms with E-state index in [4.69, 9.17) is 4.74 Å². The van der Waals surface area contributed by atoms with Crippen LogP contribution in [0.25, 0.3) is 0 Å². The number of methoxy groups -OCH3 is 1. The summed E-state index contributed by atoms with van der Waals surface area (Å²) in [4.78, 5) is 7.09. The minimum absolute atomic E-state index is 0.00612. The maximum atomic E-state index is 16.3. The fourth-order valence-corrected chi connectivity index (χ4v) is 8.62. The molecule has 1 saturated carbocycles. The molecule has 0 radical (unpaired) electrons. The first-order valence-corrected chi connectivity index (χ1v) is 16.1. The Bertz CT molecular complexity index is 1620. The van der Waals surface area contributed by atoms with Crippen molar-refractivity contribution in [1.29, 1.82) is 0 Å². The van der Waals surface area contributed by atoms with E-state index in [1.807, 2.05) is 4.90 Å². The van der Waals surface area contributed by atoms with Gasteiger partial charge < -0.3 is 9.64 Å². The third-order valence-corrected chi connectivity index (χ3v) is 11.3. The quantitative estimate of drug-likeness (QED) is 0.291. The van der Waals surface area contributed by atoms with Gasteiger partial charge in [-0.05, 0) is 79.6 Å². The van der Waals surface area contributed by atoms with Crippen molar-refractivity contribution in [3.05, 3.63) is 77.7 Å². The third kappa shape index (κ3) is 5.46. The van der Waals surface area contributed by atoms with Crippen molar-refractivity contribution in [2.24, 2.45) is 10.8 Å². The summed E-state index contributed by atoms with van der Waals surface area (Å²) in [5.41, 5.74) is 0.831. The van der Waals surface area contributed by atoms with Gasteiger partial charge in [0.1, 0.15) is 17.4 Å². The van der Waals surface area contributed by atoms with Gasteiger partial charge in [0.15, 0.2) is 10.7 Å². The molecule has 2 atom stereocenters. The Morgan fingerprint density at radius 3 is 2.37 bits per heavy atom. The molecule has 3 aromatic rings. The molecule has 7 nitrogen and oxygen atoms in total. The first-order valence-electron chi connectivity index (χ1n) is 14.7. The van der Waals surface area contributed by atoms with Gasteiger partial charge in [0, 0.05) is 31.1 Å². The Morgan fingerprint density at radius 2 is 1.74 bits per heavy atom. The minimum atomic E-state index is -4.87. The standard InChI is InChI=1S/C32H37F3N4O3S/c1-31(2)15-17-38(20-31)26-13-14-32(26)16-18-37(21-32)25-12-11-24(33)30(29(25)35)43(40,41)39(28-6-4-5-27(34)36-28)19-22-7-9-23(42-3)10-8-22/h4-12,26H,13-21H2,1-3H3/t26?,32-/m0/s1. The number of sulfonamides is 1. The topological polar surface area (TPSA) is 66.0 Å². The molecular weight excluding hydrogens is 577 g/mol. The number of hydrogen-bond donors (Lipinski definition) is 0. The van der Waals surface area contributed by atoms with E-state index in [9.17, 15) is 12.8 Å². The molecule has 1 aliphatic carbocycles. The third-order valence-electron chi connectivity index (χ3n) is 9.51. The summed E-state index contributed by atoms with van der Waals surface area (Å²) in [5.74, 6) is -3.01. The number of pyridine rings is 1. The van der Waals surface area contributed by atoms with Crippen molar-refractivity contribution in [2.45, 2.75) is 57.0 Å². The maximum Gasteiger partial charge on any atom is 0.271 e.